The maximum atomic E-state index is 12.0. The van der Waals surface area contributed by atoms with Gasteiger partial charge in [0.15, 0.2) is 0 Å². The molecule has 0 unspecified atom stereocenters. The van der Waals surface area contributed by atoms with Gasteiger partial charge in [-0.1, -0.05) is 12.8 Å². The molecule has 108 valence electrons. The standard InChI is InChI=1S/C13H23N3O3/c1-13(2,3)19-12(18)16-9-8-15(11(17)14-16)10-6-4-5-7-10/h10H,4-9H2,1-3H3,(H,14,17). The Morgan fingerprint density at radius 1 is 1.26 bits per heavy atom. The van der Waals surface area contributed by atoms with Crippen LogP contribution >= 0.6 is 0 Å². The molecular weight excluding hydrogens is 246 g/mol. The summed E-state index contributed by atoms with van der Waals surface area (Å²) in [6, 6.07) is 0.143. The highest BCUT2D eigenvalue weighted by Gasteiger charge is 2.34. The lowest BCUT2D eigenvalue weighted by atomic mass is 10.2. The van der Waals surface area contributed by atoms with Crippen molar-refractivity contribution in [3.63, 3.8) is 0 Å². The van der Waals surface area contributed by atoms with Crippen molar-refractivity contribution in [3.8, 4) is 0 Å². The van der Waals surface area contributed by atoms with Crippen LogP contribution < -0.4 is 5.43 Å². The van der Waals surface area contributed by atoms with Crippen molar-refractivity contribution < 1.29 is 14.3 Å². The van der Waals surface area contributed by atoms with E-state index in [9.17, 15) is 9.59 Å². The van der Waals surface area contributed by atoms with Crippen LogP contribution in [-0.4, -0.2) is 46.8 Å². The van der Waals surface area contributed by atoms with Gasteiger partial charge in [-0.25, -0.2) is 20.0 Å². The van der Waals surface area contributed by atoms with Crippen molar-refractivity contribution in [2.75, 3.05) is 13.1 Å². The molecule has 1 saturated heterocycles. The van der Waals surface area contributed by atoms with E-state index in [-0.39, 0.29) is 6.03 Å². The van der Waals surface area contributed by atoms with Crippen molar-refractivity contribution >= 4 is 12.1 Å². The molecule has 1 N–H and O–H groups in total. The number of carbonyl (C=O) groups excluding carboxylic acids is 2. The first-order valence-electron chi connectivity index (χ1n) is 6.94. The van der Waals surface area contributed by atoms with Crippen LogP contribution in [0.1, 0.15) is 46.5 Å². The second-order valence-electron chi connectivity index (χ2n) is 6.18. The first-order valence-corrected chi connectivity index (χ1v) is 6.94. The topological polar surface area (TPSA) is 61.9 Å². The molecule has 2 rings (SSSR count). The molecule has 1 aliphatic heterocycles. The molecule has 3 amide bonds. The van der Waals surface area contributed by atoms with Gasteiger partial charge in [0, 0.05) is 12.6 Å². The number of urea groups is 1. The van der Waals surface area contributed by atoms with Crippen LogP contribution in [0.25, 0.3) is 0 Å². The summed E-state index contributed by atoms with van der Waals surface area (Å²) in [5, 5.41) is 1.26. The summed E-state index contributed by atoms with van der Waals surface area (Å²) in [6.07, 6.45) is 4.01. The Bertz CT molecular complexity index is 359. The third-order valence-electron chi connectivity index (χ3n) is 3.44. The zero-order valence-electron chi connectivity index (χ0n) is 11.9. The number of nitrogens with zero attached hydrogens (tertiary/aromatic N) is 2. The Kier molecular flexibility index (Phi) is 3.87. The van der Waals surface area contributed by atoms with Crippen molar-refractivity contribution in [2.24, 2.45) is 0 Å². The first kappa shape index (κ1) is 14.0. The Morgan fingerprint density at radius 3 is 2.42 bits per heavy atom. The molecule has 0 aromatic rings. The van der Waals surface area contributed by atoms with Gasteiger partial charge in [-0.15, -0.1) is 0 Å². The van der Waals surface area contributed by atoms with Crippen LogP contribution in [0.4, 0.5) is 9.59 Å². The van der Waals surface area contributed by atoms with E-state index in [1.165, 1.54) is 17.9 Å². The maximum absolute atomic E-state index is 12.0. The average molecular weight is 269 g/mol. The quantitative estimate of drug-likeness (QED) is 0.793. The van der Waals surface area contributed by atoms with Crippen molar-refractivity contribution in [1.82, 2.24) is 15.3 Å². The van der Waals surface area contributed by atoms with E-state index in [0.717, 1.165) is 12.8 Å². The Labute approximate surface area is 114 Å². The molecule has 1 heterocycles. The minimum atomic E-state index is -0.551. The van der Waals surface area contributed by atoms with Crippen LogP contribution in [0.3, 0.4) is 0 Å². The monoisotopic (exact) mass is 269 g/mol. The van der Waals surface area contributed by atoms with Crippen LogP contribution in [0.5, 0.6) is 0 Å². The zero-order valence-corrected chi connectivity index (χ0v) is 11.9. The highest BCUT2D eigenvalue weighted by molar-refractivity contribution is 5.79. The molecular formula is C13H23N3O3. The maximum Gasteiger partial charge on any atom is 0.429 e. The van der Waals surface area contributed by atoms with E-state index in [2.05, 4.69) is 5.43 Å². The molecule has 0 aromatic heterocycles. The molecule has 1 aliphatic carbocycles. The molecule has 6 nitrogen and oxygen atoms in total. The second kappa shape index (κ2) is 5.27. The van der Waals surface area contributed by atoms with Gasteiger partial charge in [-0.05, 0) is 33.6 Å². The second-order valence-corrected chi connectivity index (χ2v) is 6.18. The van der Waals surface area contributed by atoms with Crippen LogP contribution in [-0.2, 0) is 4.74 Å². The van der Waals surface area contributed by atoms with Gasteiger partial charge in [0.25, 0.3) is 0 Å². The summed E-state index contributed by atoms with van der Waals surface area (Å²) >= 11 is 0. The third-order valence-corrected chi connectivity index (χ3v) is 3.44. The number of ether oxygens (including phenoxy) is 1. The number of amides is 3. The third kappa shape index (κ3) is 3.52. The molecule has 6 heteroatoms. The molecule has 0 atom stereocenters. The smallest absolute Gasteiger partial charge is 0.429 e. The summed E-state index contributed by atoms with van der Waals surface area (Å²) in [5.41, 5.74) is 2.06. The van der Waals surface area contributed by atoms with Crippen molar-refractivity contribution in [2.45, 2.75) is 58.1 Å². The first-order chi connectivity index (χ1) is 8.87. The number of hydrazine groups is 1. The van der Waals surface area contributed by atoms with E-state index >= 15 is 0 Å². The van der Waals surface area contributed by atoms with Crippen LogP contribution in [0, 0.1) is 0 Å². The van der Waals surface area contributed by atoms with E-state index in [4.69, 9.17) is 4.74 Å². The highest BCUT2D eigenvalue weighted by atomic mass is 16.6. The molecule has 0 spiro atoms. The summed E-state index contributed by atoms with van der Waals surface area (Å²) in [6.45, 7) is 6.47. The van der Waals surface area contributed by atoms with Gasteiger partial charge < -0.3 is 9.64 Å². The molecule has 0 aromatic carbocycles. The van der Waals surface area contributed by atoms with Crippen molar-refractivity contribution in [3.05, 3.63) is 0 Å². The van der Waals surface area contributed by atoms with Gasteiger partial charge in [0.2, 0.25) is 0 Å². The van der Waals surface area contributed by atoms with E-state index < -0.39 is 11.7 Å². The van der Waals surface area contributed by atoms with Gasteiger partial charge in [0.05, 0.1) is 6.54 Å². The summed E-state index contributed by atoms with van der Waals surface area (Å²) in [5.74, 6) is 0. The Morgan fingerprint density at radius 2 is 1.89 bits per heavy atom. The Hall–Kier alpha value is -1.46. The number of hydrogen-bond donors (Lipinski definition) is 1. The number of rotatable bonds is 1. The fourth-order valence-electron chi connectivity index (χ4n) is 2.56. The molecule has 19 heavy (non-hydrogen) atoms. The van der Waals surface area contributed by atoms with Gasteiger partial charge in [-0.2, -0.15) is 0 Å². The summed E-state index contributed by atoms with van der Waals surface area (Å²) in [4.78, 5) is 25.7. The predicted molar refractivity (Wildman–Crippen MR) is 70.4 cm³/mol. The minimum absolute atomic E-state index is 0.191. The minimum Gasteiger partial charge on any atom is -0.442 e. The van der Waals surface area contributed by atoms with Gasteiger partial charge >= 0.3 is 12.1 Å². The SMILES string of the molecule is CC(C)(C)OC(=O)N1CCN(C2CCCC2)C(=O)N1. The van der Waals surface area contributed by atoms with Gasteiger partial charge in [-0.3, -0.25) is 0 Å². The van der Waals surface area contributed by atoms with E-state index in [0.29, 0.717) is 19.1 Å². The van der Waals surface area contributed by atoms with E-state index in [1.807, 2.05) is 25.7 Å². The van der Waals surface area contributed by atoms with E-state index in [1.54, 1.807) is 0 Å². The molecule has 2 fully saturated rings. The summed E-state index contributed by atoms with van der Waals surface area (Å²) in [7, 11) is 0. The zero-order chi connectivity index (χ0) is 14.0. The number of hydrogen-bond acceptors (Lipinski definition) is 3. The molecule has 2 aliphatic rings. The van der Waals surface area contributed by atoms with Crippen molar-refractivity contribution in [1.29, 1.82) is 0 Å². The predicted octanol–water partition coefficient (Wildman–Crippen LogP) is 2.11. The lowest BCUT2D eigenvalue weighted by molar-refractivity contribution is 0.00491. The molecule has 0 radical (unpaired) electrons. The normalized spacial score (nSPS) is 21.5. The fourth-order valence-corrected chi connectivity index (χ4v) is 2.56. The number of carbonyl (C=O) groups is 2. The Balaban J connectivity index is 1.89. The molecule has 1 saturated carbocycles. The largest absolute Gasteiger partial charge is 0.442 e. The van der Waals surface area contributed by atoms with Crippen LogP contribution in [0.2, 0.25) is 0 Å². The fraction of sp³-hybridized carbons (Fsp3) is 0.846. The lowest BCUT2D eigenvalue weighted by Crippen LogP contribution is -2.61. The van der Waals surface area contributed by atoms with Gasteiger partial charge in [0.1, 0.15) is 5.60 Å². The van der Waals surface area contributed by atoms with Crippen LogP contribution in [0.15, 0.2) is 0 Å². The lowest BCUT2D eigenvalue weighted by Gasteiger charge is -2.38. The molecule has 0 bridgehead atoms. The number of nitrogens with one attached hydrogen (secondary N) is 1. The average Bonchev–Trinajstić information content (AvgIpc) is 2.79. The highest BCUT2D eigenvalue weighted by Crippen LogP contribution is 2.24. The summed E-state index contributed by atoms with van der Waals surface area (Å²) < 4.78 is 5.24.